The van der Waals surface area contributed by atoms with Gasteiger partial charge in [0.05, 0.1) is 24.1 Å². The predicted molar refractivity (Wildman–Crippen MR) is 122 cm³/mol. The topological polar surface area (TPSA) is 67.4 Å². The number of nitrogens with one attached hydrogen (secondary N) is 1. The molecule has 0 saturated heterocycles. The van der Waals surface area contributed by atoms with Gasteiger partial charge in [-0.2, -0.15) is 0 Å². The predicted octanol–water partition coefficient (Wildman–Crippen LogP) is 4.07. The van der Waals surface area contributed by atoms with Crippen molar-refractivity contribution in [3.8, 4) is 17.0 Å². The number of aromatic nitrogens is 2. The summed E-state index contributed by atoms with van der Waals surface area (Å²) in [6.07, 6.45) is 4.33. The molecule has 0 radical (unpaired) electrons. The number of halogens is 1. The van der Waals surface area contributed by atoms with E-state index in [-0.39, 0.29) is 0 Å². The van der Waals surface area contributed by atoms with Gasteiger partial charge in [0.1, 0.15) is 18.7 Å². The van der Waals surface area contributed by atoms with Crippen LogP contribution in [0, 0.1) is 0 Å². The van der Waals surface area contributed by atoms with Crippen LogP contribution in [0.25, 0.3) is 11.3 Å². The SMILES string of the molecule is CC=O.CNc1cc(N2CCOc3cnc(-c4cc(Cl)ccc4P)cc32)ccn1. The van der Waals surface area contributed by atoms with Crippen LogP contribution in [-0.2, 0) is 4.79 Å². The molecule has 1 aliphatic rings. The number of nitrogens with zero attached hydrogens (tertiary/aromatic N) is 3. The van der Waals surface area contributed by atoms with E-state index in [2.05, 4.69) is 29.4 Å². The summed E-state index contributed by atoms with van der Waals surface area (Å²) in [5, 5.41) is 4.82. The molecule has 0 bridgehead atoms. The molecule has 0 spiro atoms. The van der Waals surface area contributed by atoms with Crippen LogP contribution >= 0.6 is 20.8 Å². The first kappa shape index (κ1) is 21.0. The lowest BCUT2D eigenvalue weighted by Gasteiger charge is -2.31. The molecule has 1 aromatic carbocycles. The van der Waals surface area contributed by atoms with Gasteiger partial charge in [-0.1, -0.05) is 17.7 Å². The summed E-state index contributed by atoms with van der Waals surface area (Å²) in [5.74, 6) is 1.60. The molecule has 3 aromatic rings. The monoisotopic (exact) mass is 428 g/mol. The van der Waals surface area contributed by atoms with Crippen LogP contribution in [0.4, 0.5) is 17.2 Å². The Labute approximate surface area is 177 Å². The van der Waals surface area contributed by atoms with Crippen LogP contribution in [-0.4, -0.2) is 36.5 Å². The molecule has 0 fully saturated rings. The quantitative estimate of drug-likeness (QED) is 0.501. The number of hydrogen-bond acceptors (Lipinski definition) is 6. The van der Waals surface area contributed by atoms with Crippen LogP contribution in [0.15, 0.2) is 48.8 Å². The van der Waals surface area contributed by atoms with Crippen molar-refractivity contribution in [2.24, 2.45) is 0 Å². The number of ether oxygens (including phenoxy) is 1. The number of hydrogen-bond donors (Lipinski definition) is 1. The summed E-state index contributed by atoms with van der Waals surface area (Å²) in [6.45, 7) is 2.81. The molecular formula is C21H22ClN4O2P. The van der Waals surface area contributed by atoms with E-state index in [1.165, 1.54) is 6.92 Å². The first-order chi connectivity index (χ1) is 14.1. The van der Waals surface area contributed by atoms with E-state index in [0.29, 0.717) is 11.6 Å². The number of benzene rings is 1. The van der Waals surface area contributed by atoms with E-state index in [1.807, 2.05) is 43.4 Å². The van der Waals surface area contributed by atoms with E-state index < -0.39 is 0 Å². The number of anilines is 3. The van der Waals surface area contributed by atoms with Gasteiger partial charge in [-0.05, 0) is 36.5 Å². The first-order valence-electron chi connectivity index (χ1n) is 9.06. The summed E-state index contributed by atoms with van der Waals surface area (Å²) < 4.78 is 5.81. The average Bonchev–Trinajstić information content (AvgIpc) is 2.75. The number of aldehydes is 1. The average molecular weight is 429 g/mol. The van der Waals surface area contributed by atoms with Crippen molar-refractivity contribution in [2.45, 2.75) is 6.92 Å². The fourth-order valence-electron chi connectivity index (χ4n) is 3.01. The molecule has 150 valence electrons. The van der Waals surface area contributed by atoms with Gasteiger partial charge in [0, 0.05) is 35.6 Å². The van der Waals surface area contributed by atoms with Gasteiger partial charge >= 0.3 is 0 Å². The molecule has 2 aromatic heterocycles. The Bertz CT molecular complexity index is 1020. The summed E-state index contributed by atoms with van der Waals surface area (Å²) in [7, 11) is 4.60. The van der Waals surface area contributed by atoms with Crippen molar-refractivity contribution in [3.63, 3.8) is 0 Å². The lowest BCUT2D eigenvalue weighted by molar-refractivity contribution is -0.106. The number of rotatable bonds is 3. The number of fused-ring (bicyclic) bond motifs is 1. The molecule has 29 heavy (non-hydrogen) atoms. The Morgan fingerprint density at radius 3 is 2.79 bits per heavy atom. The Balaban J connectivity index is 0.000000755. The fourth-order valence-corrected chi connectivity index (χ4v) is 3.51. The largest absolute Gasteiger partial charge is 0.488 e. The van der Waals surface area contributed by atoms with Crippen LogP contribution in [0.2, 0.25) is 5.02 Å². The highest BCUT2D eigenvalue weighted by Crippen LogP contribution is 2.38. The smallest absolute Gasteiger partial charge is 0.161 e. The van der Waals surface area contributed by atoms with Crippen molar-refractivity contribution in [1.29, 1.82) is 0 Å². The fraction of sp³-hybridized carbons (Fsp3) is 0.190. The standard InChI is InChI=1S/C19H18ClN4OP.C2H4O/c1-21-19-9-13(4-5-22-19)24-6-7-25-17-11-23-15(10-16(17)24)14-8-12(20)2-3-18(14)26;1-2-3/h2-5,8-11H,6-7,26H2,1H3,(H,21,22);2H,1H3. The minimum Gasteiger partial charge on any atom is -0.488 e. The molecule has 1 atom stereocenters. The van der Waals surface area contributed by atoms with Crippen LogP contribution in [0.3, 0.4) is 0 Å². The first-order valence-corrected chi connectivity index (χ1v) is 10.0. The highest BCUT2D eigenvalue weighted by molar-refractivity contribution is 7.28. The third-order valence-electron chi connectivity index (χ3n) is 4.31. The van der Waals surface area contributed by atoms with Gasteiger partial charge in [-0.15, -0.1) is 9.24 Å². The minimum atomic E-state index is 0.608. The minimum absolute atomic E-state index is 0.608. The van der Waals surface area contributed by atoms with Crippen molar-refractivity contribution in [2.75, 3.05) is 30.4 Å². The number of carbonyl (C=O) groups is 1. The highest BCUT2D eigenvalue weighted by Gasteiger charge is 2.22. The zero-order valence-corrected chi connectivity index (χ0v) is 18.1. The van der Waals surface area contributed by atoms with Crippen molar-refractivity contribution in [1.82, 2.24) is 9.97 Å². The Hall–Kier alpha value is -2.69. The Kier molecular flexibility index (Phi) is 7.02. The summed E-state index contributed by atoms with van der Waals surface area (Å²) in [4.78, 5) is 19.9. The van der Waals surface area contributed by atoms with Gasteiger partial charge in [0.25, 0.3) is 0 Å². The Morgan fingerprint density at radius 2 is 2.03 bits per heavy atom. The third-order valence-corrected chi connectivity index (χ3v) is 5.05. The Morgan fingerprint density at radius 1 is 1.24 bits per heavy atom. The molecular weight excluding hydrogens is 407 g/mol. The van der Waals surface area contributed by atoms with Crippen LogP contribution in [0.5, 0.6) is 5.75 Å². The molecule has 0 amide bonds. The lowest BCUT2D eigenvalue weighted by Crippen LogP contribution is -2.28. The van der Waals surface area contributed by atoms with E-state index in [1.54, 1.807) is 12.4 Å². The maximum Gasteiger partial charge on any atom is 0.161 e. The van der Waals surface area contributed by atoms with Gasteiger partial charge in [0.15, 0.2) is 5.75 Å². The molecule has 3 heterocycles. The molecule has 1 N–H and O–H groups in total. The lowest BCUT2D eigenvalue weighted by atomic mass is 10.1. The second-order valence-electron chi connectivity index (χ2n) is 6.15. The molecule has 4 rings (SSSR count). The van der Waals surface area contributed by atoms with Crippen LogP contribution < -0.4 is 20.3 Å². The highest BCUT2D eigenvalue weighted by atomic mass is 35.5. The van der Waals surface area contributed by atoms with E-state index in [4.69, 9.17) is 21.1 Å². The van der Waals surface area contributed by atoms with E-state index in [0.717, 1.165) is 52.3 Å². The molecule has 8 heteroatoms. The molecule has 0 aliphatic carbocycles. The number of carbonyl (C=O) groups excluding carboxylic acids is 1. The van der Waals surface area contributed by atoms with E-state index in [9.17, 15) is 0 Å². The summed E-state index contributed by atoms with van der Waals surface area (Å²) in [5.41, 5.74) is 3.89. The normalized spacial score (nSPS) is 12.2. The number of pyridine rings is 2. The zero-order chi connectivity index (χ0) is 20.8. The zero-order valence-electron chi connectivity index (χ0n) is 16.2. The van der Waals surface area contributed by atoms with Gasteiger partial charge < -0.3 is 19.7 Å². The second-order valence-corrected chi connectivity index (χ2v) is 7.21. The summed E-state index contributed by atoms with van der Waals surface area (Å²) >= 11 is 6.18. The molecule has 1 aliphatic heterocycles. The van der Waals surface area contributed by atoms with Crippen molar-refractivity contribution in [3.05, 3.63) is 53.8 Å². The third kappa shape index (κ3) is 4.84. The van der Waals surface area contributed by atoms with Crippen molar-refractivity contribution < 1.29 is 9.53 Å². The molecule has 1 unspecified atom stereocenters. The van der Waals surface area contributed by atoms with Gasteiger partial charge in [-0.3, -0.25) is 4.98 Å². The molecule has 6 nitrogen and oxygen atoms in total. The molecule has 0 saturated carbocycles. The van der Waals surface area contributed by atoms with Gasteiger partial charge in [0.2, 0.25) is 0 Å². The maximum atomic E-state index is 8.81. The second kappa shape index (κ2) is 9.68. The van der Waals surface area contributed by atoms with Gasteiger partial charge in [-0.25, -0.2) is 4.98 Å². The van der Waals surface area contributed by atoms with Crippen LogP contribution in [0.1, 0.15) is 6.92 Å². The summed E-state index contributed by atoms with van der Waals surface area (Å²) in [6, 6.07) is 11.8. The maximum absolute atomic E-state index is 8.81. The van der Waals surface area contributed by atoms with E-state index >= 15 is 0 Å². The van der Waals surface area contributed by atoms with Crippen molar-refractivity contribution >= 4 is 49.6 Å².